The molecule has 1 aromatic carbocycles. The summed E-state index contributed by atoms with van der Waals surface area (Å²) in [5.74, 6) is -0.179. The van der Waals surface area contributed by atoms with Gasteiger partial charge in [-0.1, -0.05) is 12.1 Å². The standard InChI is InChI=1S/C11H14FNOS/c1-7(13)9-3-2-4-10(12)11(9)15-8-5-14-6-8/h2-4,7-8H,5-6,13H2,1H3/t7-/m1/s1. The van der Waals surface area contributed by atoms with Crippen molar-refractivity contribution in [1.29, 1.82) is 0 Å². The lowest BCUT2D eigenvalue weighted by molar-refractivity contribution is 0.0454. The Labute approximate surface area is 93.0 Å². The number of halogens is 1. The molecule has 0 aliphatic carbocycles. The number of thioether (sulfide) groups is 1. The third-order valence-corrected chi connectivity index (χ3v) is 3.65. The van der Waals surface area contributed by atoms with E-state index in [-0.39, 0.29) is 11.9 Å². The smallest absolute Gasteiger partial charge is 0.137 e. The first-order valence-corrected chi connectivity index (χ1v) is 5.85. The molecular formula is C11H14FNOS. The van der Waals surface area contributed by atoms with Crippen molar-refractivity contribution in [2.75, 3.05) is 13.2 Å². The summed E-state index contributed by atoms with van der Waals surface area (Å²) in [6.45, 7) is 3.28. The average Bonchev–Trinajstić information content (AvgIpc) is 2.12. The first-order valence-electron chi connectivity index (χ1n) is 4.97. The molecule has 1 heterocycles. The van der Waals surface area contributed by atoms with Gasteiger partial charge in [0.15, 0.2) is 0 Å². The summed E-state index contributed by atoms with van der Waals surface area (Å²) in [6.07, 6.45) is 0. The van der Waals surface area contributed by atoms with Crippen LogP contribution in [0.5, 0.6) is 0 Å². The van der Waals surface area contributed by atoms with Gasteiger partial charge in [-0.2, -0.15) is 0 Å². The van der Waals surface area contributed by atoms with Gasteiger partial charge in [-0.05, 0) is 18.6 Å². The van der Waals surface area contributed by atoms with Crippen LogP contribution < -0.4 is 5.73 Å². The predicted octanol–water partition coefficient (Wildman–Crippen LogP) is 2.34. The van der Waals surface area contributed by atoms with E-state index in [1.807, 2.05) is 13.0 Å². The molecule has 0 bridgehead atoms. The van der Waals surface area contributed by atoms with Crippen LogP contribution in [0.4, 0.5) is 4.39 Å². The molecule has 15 heavy (non-hydrogen) atoms. The topological polar surface area (TPSA) is 35.2 Å². The van der Waals surface area contributed by atoms with Crippen molar-refractivity contribution in [3.8, 4) is 0 Å². The molecule has 0 spiro atoms. The molecule has 2 nitrogen and oxygen atoms in total. The van der Waals surface area contributed by atoms with Crippen molar-refractivity contribution in [3.63, 3.8) is 0 Å². The molecule has 1 aromatic rings. The quantitative estimate of drug-likeness (QED) is 0.860. The molecule has 2 rings (SSSR count). The number of nitrogens with two attached hydrogens (primary N) is 1. The van der Waals surface area contributed by atoms with Crippen LogP contribution in [-0.4, -0.2) is 18.5 Å². The second kappa shape index (κ2) is 4.51. The lowest BCUT2D eigenvalue weighted by atomic mass is 10.1. The molecule has 0 saturated carbocycles. The van der Waals surface area contributed by atoms with Gasteiger partial charge >= 0.3 is 0 Å². The van der Waals surface area contributed by atoms with Gasteiger partial charge in [-0.25, -0.2) is 4.39 Å². The molecule has 1 aliphatic rings. The average molecular weight is 227 g/mol. The van der Waals surface area contributed by atoms with Crippen LogP contribution in [0.3, 0.4) is 0 Å². The lowest BCUT2D eigenvalue weighted by Crippen LogP contribution is -2.30. The molecular weight excluding hydrogens is 213 g/mol. The third-order valence-electron chi connectivity index (χ3n) is 2.38. The third kappa shape index (κ3) is 2.33. The van der Waals surface area contributed by atoms with Gasteiger partial charge in [-0.3, -0.25) is 0 Å². The first kappa shape index (κ1) is 10.9. The van der Waals surface area contributed by atoms with E-state index < -0.39 is 0 Å². The number of ether oxygens (including phenoxy) is 1. The molecule has 0 unspecified atom stereocenters. The minimum Gasteiger partial charge on any atom is -0.379 e. The second-order valence-corrected chi connectivity index (χ2v) is 5.03. The molecule has 0 amide bonds. The molecule has 1 saturated heterocycles. The highest BCUT2D eigenvalue weighted by atomic mass is 32.2. The van der Waals surface area contributed by atoms with Crippen molar-refractivity contribution in [2.24, 2.45) is 5.73 Å². The van der Waals surface area contributed by atoms with Crippen LogP contribution in [0, 0.1) is 5.82 Å². The van der Waals surface area contributed by atoms with E-state index in [1.54, 1.807) is 6.07 Å². The summed E-state index contributed by atoms with van der Waals surface area (Å²) in [4.78, 5) is 0.681. The predicted molar refractivity (Wildman–Crippen MR) is 59.5 cm³/mol. The fraction of sp³-hybridized carbons (Fsp3) is 0.455. The lowest BCUT2D eigenvalue weighted by Gasteiger charge is -2.26. The normalized spacial score (nSPS) is 18.6. The van der Waals surface area contributed by atoms with Crippen molar-refractivity contribution in [1.82, 2.24) is 0 Å². The van der Waals surface area contributed by atoms with Crippen LogP contribution in [0.15, 0.2) is 23.1 Å². The maximum atomic E-state index is 13.6. The SMILES string of the molecule is C[C@@H](N)c1cccc(F)c1SC1COC1. The van der Waals surface area contributed by atoms with E-state index >= 15 is 0 Å². The Morgan fingerprint density at radius 1 is 1.53 bits per heavy atom. The Kier molecular flexibility index (Phi) is 3.29. The summed E-state index contributed by atoms with van der Waals surface area (Å²) >= 11 is 1.53. The largest absolute Gasteiger partial charge is 0.379 e. The van der Waals surface area contributed by atoms with Gasteiger partial charge in [-0.15, -0.1) is 11.8 Å². The zero-order valence-electron chi connectivity index (χ0n) is 8.57. The molecule has 0 radical (unpaired) electrons. The number of rotatable bonds is 3. The van der Waals surface area contributed by atoms with E-state index in [0.717, 1.165) is 5.56 Å². The fourth-order valence-corrected chi connectivity index (χ4v) is 2.69. The molecule has 0 aromatic heterocycles. The van der Waals surface area contributed by atoms with Crippen molar-refractivity contribution in [2.45, 2.75) is 23.1 Å². The summed E-state index contributed by atoms with van der Waals surface area (Å²) in [6, 6.07) is 4.93. The van der Waals surface area contributed by atoms with Crippen LogP contribution in [0.1, 0.15) is 18.5 Å². The highest BCUT2D eigenvalue weighted by molar-refractivity contribution is 8.00. The Hall–Kier alpha value is -0.580. The van der Waals surface area contributed by atoms with E-state index in [9.17, 15) is 4.39 Å². The van der Waals surface area contributed by atoms with Crippen LogP contribution in [-0.2, 0) is 4.74 Å². The first-order chi connectivity index (χ1) is 7.18. The zero-order valence-corrected chi connectivity index (χ0v) is 9.39. The Morgan fingerprint density at radius 3 is 2.80 bits per heavy atom. The molecule has 82 valence electrons. The van der Waals surface area contributed by atoms with E-state index in [1.165, 1.54) is 17.8 Å². The van der Waals surface area contributed by atoms with Gasteiger partial charge in [0.05, 0.1) is 18.5 Å². The molecule has 2 N–H and O–H groups in total. The van der Waals surface area contributed by atoms with E-state index in [0.29, 0.717) is 23.4 Å². The minimum atomic E-state index is -0.179. The number of hydrogen-bond donors (Lipinski definition) is 1. The highest BCUT2D eigenvalue weighted by Gasteiger charge is 2.23. The fourth-order valence-electron chi connectivity index (χ4n) is 1.46. The summed E-state index contributed by atoms with van der Waals surface area (Å²) < 4.78 is 18.7. The maximum Gasteiger partial charge on any atom is 0.137 e. The van der Waals surface area contributed by atoms with Crippen LogP contribution in [0.25, 0.3) is 0 Å². The van der Waals surface area contributed by atoms with Crippen molar-refractivity contribution in [3.05, 3.63) is 29.6 Å². The van der Waals surface area contributed by atoms with Gasteiger partial charge < -0.3 is 10.5 Å². The van der Waals surface area contributed by atoms with Gasteiger partial charge in [0.25, 0.3) is 0 Å². The van der Waals surface area contributed by atoms with Crippen LogP contribution in [0.2, 0.25) is 0 Å². The second-order valence-electron chi connectivity index (χ2n) is 3.72. The summed E-state index contributed by atoms with van der Waals surface area (Å²) in [5, 5.41) is 0.374. The number of benzene rings is 1. The van der Waals surface area contributed by atoms with Gasteiger partial charge in [0.1, 0.15) is 5.82 Å². The van der Waals surface area contributed by atoms with E-state index in [4.69, 9.17) is 10.5 Å². The molecule has 1 aliphatic heterocycles. The van der Waals surface area contributed by atoms with Crippen molar-refractivity contribution >= 4 is 11.8 Å². The summed E-state index contributed by atoms with van der Waals surface area (Å²) in [7, 11) is 0. The summed E-state index contributed by atoms with van der Waals surface area (Å²) in [5.41, 5.74) is 6.69. The van der Waals surface area contributed by atoms with E-state index in [2.05, 4.69) is 0 Å². The maximum absolute atomic E-state index is 13.6. The number of hydrogen-bond acceptors (Lipinski definition) is 3. The zero-order chi connectivity index (χ0) is 10.8. The van der Waals surface area contributed by atoms with Crippen LogP contribution >= 0.6 is 11.8 Å². The molecule has 1 fully saturated rings. The minimum absolute atomic E-state index is 0.135. The Morgan fingerprint density at radius 2 is 2.27 bits per heavy atom. The monoisotopic (exact) mass is 227 g/mol. The van der Waals surface area contributed by atoms with Gasteiger partial charge in [0.2, 0.25) is 0 Å². The van der Waals surface area contributed by atoms with Crippen molar-refractivity contribution < 1.29 is 9.13 Å². The highest BCUT2D eigenvalue weighted by Crippen LogP contribution is 2.34. The Balaban J connectivity index is 2.25. The van der Waals surface area contributed by atoms with Gasteiger partial charge in [0, 0.05) is 10.9 Å². The Bertz CT molecular complexity index is 352. The molecule has 4 heteroatoms. The molecule has 1 atom stereocenters.